The number of benzene rings is 1. The lowest BCUT2D eigenvalue weighted by molar-refractivity contribution is 0.324. The molecule has 0 unspecified atom stereocenters. The molecule has 7 nitrogen and oxygen atoms in total. The Morgan fingerprint density at radius 2 is 1.74 bits per heavy atom. The lowest BCUT2D eigenvalue weighted by atomic mass is 10.2. The maximum absolute atomic E-state index is 5.40. The van der Waals surface area contributed by atoms with Gasteiger partial charge in [-0.25, -0.2) is 4.99 Å². The molecule has 0 saturated carbocycles. The number of hydrogen-bond donors (Lipinski definition) is 2. The normalized spacial score (nSPS) is 11.2. The number of hydrogen-bond acceptors (Lipinski definition) is 5. The Morgan fingerprint density at radius 3 is 2.30 bits per heavy atom. The van der Waals surface area contributed by atoms with Crippen molar-refractivity contribution in [3.63, 3.8) is 0 Å². The summed E-state index contributed by atoms with van der Waals surface area (Å²) in [6.07, 6.45) is 3.50. The molecule has 1 aromatic carbocycles. The molecule has 27 heavy (non-hydrogen) atoms. The predicted octanol–water partition coefficient (Wildman–Crippen LogP) is 2.99. The lowest BCUT2D eigenvalue weighted by Crippen LogP contribution is -2.38. The van der Waals surface area contributed by atoms with Crippen molar-refractivity contribution in [3.05, 3.63) is 41.9 Å². The van der Waals surface area contributed by atoms with Crippen molar-refractivity contribution in [2.45, 2.75) is 26.3 Å². The highest BCUT2D eigenvalue weighted by Gasteiger charge is 2.13. The van der Waals surface area contributed by atoms with Crippen molar-refractivity contribution >= 4 is 5.96 Å². The van der Waals surface area contributed by atoms with Crippen LogP contribution in [0.1, 0.15) is 24.7 Å². The van der Waals surface area contributed by atoms with Crippen molar-refractivity contribution in [1.82, 2.24) is 10.6 Å². The Bertz CT molecular complexity index is 689. The van der Waals surface area contributed by atoms with Gasteiger partial charge in [-0.1, -0.05) is 6.92 Å². The Morgan fingerprint density at radius 1 is 1.04 bits per heavy atom. The number of nitrogens with one attached hydrogen (secondary N) is 2. The van der Waals surface area contributed by atoms with E-state index < -0.39 is 0 Å². The van der Waals surface area contributed by atoms with E-state index in [9.17, 15) is 0 Å². The van der Waals surface area contributed by atoms with Crippen LogP contribution in [0.15, 0.2) is 39.9 Å². The van der Waals surface area contributed by atoms with Gasteiger partial charge in [0, 0.05) is 19.5 Å². The van der Waals surface area contributed by atoms with Crippen LogP contribution in [0.4, 0.5) is 0 Å². The van der Waals surface area contributed by atoms with Gasteiger partial charge in [0.1, 0.15) is 5.76 Å². The smallest absolute Gasteiger partial charge is 0.203 e. The quantitative estimate of drug-likeness (QED) is 0.491. The molecule has 0 aliphatic heterocycles. The molecule has 0 atom stereocenters. The van der Waals surface area contributed by atoms with Gasteiger partial charge in [0.05, 0.1) is 34.1 Å². The van der Waals surface area contributed by atoms with Gasteiger partial charge in [-0.15, -0.1) is 0 Å². The molecule has 7 heteroatoms. The fourth-order valence-corrected chi connectivity index (χ4v) is 2.57. The maximum atomic E-state index is 5.40. The van der Waals surface area contributed by atoms with E-state index in [1.54, 1.807) is 27.6 Å². The number of rotatable bonds is 10. The molecular formula is C20H29N3O4. The molecule has 0 radical (unpaired) electrons. The van der Waals surface area contributed by atoms with Crippen molar-refractivity contribution in [2.75, 3.05) is 34.4 Å². The molecule has 0 saturated heterocycles. The van der Waals surface area contributed by atoms with Crippen molar-refractivity contribution in [3.8, 4) is 17.2 Å². The minimum atomic E-state index is 0.483. The molecule has 148 valence electrons. The number of aliphatic imine (C=N–C) groups is 1. The standard InChI is InChI=1S/C20H29N3O4/c1-5-9-21-20(22-10-8-16-7-6-11-27-16)23-14-15-12-17(24-2)19(26-4)18(13-15)25-3/h6-7,11-13H,5,8-10,14H2,1-4H3,(H2,21,22,23). The van der Waals surface area contributed by atoms with E-state index >= 15 is 0 Å². The van der Waals surface area contributed by atoms with E-state index in [4.69, 9.17) is 18.6 Å². The minimum absolute atomic E-state index is 0.483. The third-order valence-corrected chi connectivity index (χ3v) is 3.93. The summed E-state index contributed by atoms with van der Waals surface area (Å²) in [5.74, 6) is 3.53. The van der Waals surface area contributed by atoms with Crippen LogP contribution in [0.5, 0.6) is 17.2 Å². The largest absolute Gasteiger partial charge is 0.493 e. The highest BCUT2D eigenvalue weighted by molar-refractivity contribution is 5.79. The van der Waals surface area contributed by atoms with Gasteiger partial charge in [0.15, 0.2) is 17.5 Å². The maximum Gasteiger partial charge on any atom is 0.203 e. The number of guanidine groups is 1. The summed E-state index contributed by atoms with van der Waals surface area (Å²) in [4.78, 5) is 4.67. The minimum Gasteiger partial charge on any atom is -0.493 e. The van der Waals surface area contributed by atoms with Gasteiger partial charge < -0.3 is 29.3 Å². The predicted molar refractivity (Wildman–Crippen MR) is 106 cm³/mol. The lowest BCUT2D eigenvalue weighted by Gasteiger charge is -2.14. The Labute approximate surface area is 160 Å². The van der Waals surface area contributed by atoms with E-state index in [2.05, 4.69) is 22.5 Å². The molecule has 1 aromatic heterocycles. The van der Waals surface area contributed by atoms with Gasteiger partial charge in [0.25, 0.3) is 0 Å². The van der Waals surface area contributed by atoms with Crippen LogP contribution in [0.2, 0.25) is 0 Å². The SMILES string of the molecule is CCCNC(=NCc1cc(OC)c(OC)c(OC)c1)NCCc1ccco1. The zero-order valence-corrected chi connectivity index (χ0v) is 16.5. The van der Waals surface area contributed by atoms with E-state index in [1.165, 1.54) is 0 Å². The van der Waals surface area contributed by atoms with Crippen LogP contribution < -0.4 is 24.8 Å². The first-order valence-electron chi connectivity index (χ1n) is 9.05. The Kier molecular flexibility index (Phi) is 8.35. The molecule has 0 bridgehead atoms. The van der Waals surface area contributed by atoms with E-state index in [1.807, 2.05) is 24.3 Å². The van der Waals surface area contributed by atoms with Crippen molar-refractivity contribution < 1.29 is 18.6 Å². The molecule has 0 aliphatic rings. The molecular weight excluding hydrogens is 346 g/mol. The van der Waals surface area contributed by atoms with Crippen LogP contribution >= 0.6 is 0 Å². The molecule has 0 amide bonds. The highest BCUT2D eigenvalue weighted by atomic mass is 16.5. The average molecular weight is 375 g/mol. The van der Waals surface area contributed by atoms with E-state index in [0.717, 1.165) is 43.2 Å². The fraction of sp³-hybridized carbons (Fsp3) is 0.450. The first kappa shape index (κ1) is 20.5. The summed E-state index contributed by atoms with van der Waals surface area (Å²) in [6, 6.07) is 7.67. The third kappa shape index (κ3) is 6.13. The summed E-state index contributed by atoms with van der Waals surface area (Å²) >= 11 is 0. The highest BCUT2D eigenvalue weighted by Crippen LogP contribution is 2.38. The zero-order chi connectivity index (χ0) is 19.5. The number of nitrogens with zero attached hydrogens (tertiary/aromatic N) is 1. The summed E-state index contributed by atoms with van der Waals surface area (Å²) in [7, 11) is 4.80. The van der Waals surface area contributed by atoms with Crippen LogP contribution in [0, 0.1) is 0 Å². The van der Waals surface area contributed by atoms with Crippen LogP contribution in [-0.4, -0.2) is 40.4 Å². The van der Waals surface area contributed by atoms with Crippen LogP contribution in [0.3, 0.4) is 0 Å². The molecule has 0 spiro atoms. The number of ether oxygens (including phenoxy) is 3. The molecule has 0 fully saturated rings. The second-order valence-electron chi connectivity index (χ2n) is 5.88. The van der Waals surface area contributed by atoms with Gasteiger partial charge in [-0.2, -0.15) is 0 Å². The van der Waals surface area contributed by atoms with Gasteiger partial charge >= 0.3 is 0 Å². The third-order valence-electron chi connectivity index (χ3n) is 3.93. The summed E-state index contributed by atoms with van der Waals surface area (Å²) in [6.45, 7) is 4.18. The summed E-state index contributed by atoms with van der Waals surface area (Å²) < 4.78 is 21.5. The fourth-order valence-electron chi connectivity index (χ4n) is 2.57. The van der Waals surface area contributed by atoms with Gasteiger partial charge in [-0.3, -0.25) is 0 Å². The monoisotopic (exact) mass is 375 g/mol. The van der Waals surface area contributed by atoms with E-state index in [0.29, 0.717) is 23.8 Å². The van der Waals surface area contributed by atoms with Crippen molar-refractivity contribution in [1.29, 1.82) is 0 Å². The number of methoxy groups -OCH3 is 3. The molecule has 0 aliphatic carbocycles. The van der Waals surface area contributed by atoms with Crippen molar-refractivity contribution in [2.24, 2.45) is 4.99 Å². The van der Waals surface area contributed by atoms with Gasteiger partial charge in [0.2, 0.25) is 5.75 Å². The molecule has 2 N–H and O–H groups in total. The van der Waals surface area contributed by atoms with Crippen LogP contribution in [0.25, 0.3) is 0 Å². The average Bonchev–Trinajstić information content (AvgIpc) is 3.22. The first-order chi connectivity index (χ1) is 13.2. The molecule has 1 heterocycles. The topological polar surface area (TPSA) is 77.3 Å². The first-order valence-corrected chi connectivity index (χ1v) is 9.05. The summed E-state index contributed by atoms with van der Waals surface area (Å²) in [5.41, 5.74) is 0.966. The molecule has 2 rings (SSSR count). The number of furan rings is 1. The van der Waals surface area contributed by atoms with E-state index in [-0.39, 0.29) is 0 Å². The Balaban J connectivity index is 2.06. The zero-order valence-electron chi connectivity index (χ0n) is 16.5. The second kappa shape index (κ2) is 11.0. The van der Waals surface area contributed by atoms with Gasteiger partial charge in [-0.05, 0) is 36.2 Å². The van der Waals surface area contributed by atoms with Crippen LogP contribution in [-0.2, 0) is 13.0 Å². The molecule has 2 aromatic rings. The summed E-state index contributed by atoms with van der Waals surface area (Å²) in [5, 5.41) is 6.66. The second-order valence-corrected chi connectivity index (χ2v) is 5.88. The Hall–Kier alpha value is -2.83.